The van der Waals surface area contributed by atoms with Crippen molar-refractivity contribution < 1.29 is 14.2 Å². The summed E-state index contributed by atoms with van der Waals surface area (Å²) in [6, 6.07) is 6.49. The van der Waals surface area contributed by atoms with E-state index in [-0.39, 0.29) is 28.7 Å². The average Bonchev–Trinajstić information content (AvgIpc) is 2.82. The number of allylic oxidation sites excluding steroid dienone is 1. The van der Waals surface area contributed by atoms with Crippen LogP contribution in [0.25, 0.3) is 0 Å². The SMILES string of the molecule is CC1=CN[C@@H](c2nc(C(C)(C)O)ccc2C)C[C@H]1n1c(C)cc(OCc2cnccc2F)c(Br)c1=O. The third-order valence-corrected chi connectivity index (χ3v) is 7.20. The van der Waals surface area contributed by atoms with Gasteiger partial charge < -0.3 is 19.7 Å². The zero-order chi connectivity index (χ0) is 26.2. The minimum atomic E-state index is -1.06. The summed E-state index contributed by atoms with van der Waals surface area (Å²) in [5, 5.41) is 13.9. The zero-order valence-corrected chi connectivity index (χ0v) is 22.6. The van der Waals surface area contributed by atoms with Crippen molar-refractivity contribution in [3.63, 3.8) is 0 Å². The fourth-order valence-electron chi connectivity index (χ4n) is 4.40. The molecule has 2 atom stereocenters. The number of hydrogen-bond donors (Lipinski definition) is 2. The Morgan fingerprint density at radius 3 is 2.72 bits per heavy atom. The summed E-state index contributed by atoms with van der Waals surface area (Å²) in [7, 11) is 0. The van der Waals surface area contributed by atoms with Gasteiger partial charge in [-0.2, -0.15) is 0 Å². The van der Waals surface area contributed by atoms with E-state index in [9.17, 15) is 14.3 Å². The highest BCUT2D eigenvalue weighted by Crippen LogP contribution is 2.36. The topological polar surface area (TPSA) is 89.3 Å². The van der Waals surface area contributed by atoms with E-state index in [1.165, 1.54) is 18.5 Å². The molecular formula is C27H30BrFN4O3. The fourth-order valence-corrected chi connectivity index (χ4v) is 4.82. The highest BCUT2D eigenvalue weighted by molar-refractivity contribution is 9.10. The molecule has 0 bridgehead atoms. The van der Waals surface area contributed by atoms with Gasteiger partial charge in [-0.1, -0.05) is 6.07 Å². The molecular weight excluding hydrogens is 527 g/mol. The van der Waals surface area contributed by atoms with Crippen LogP contribution in [0.15, 0.2) is 57.7 Å². The third-order valence-electron chi connectivity index (χ3n) is 6.47. The smallest absolute Gasteiger partial charge is 0.269 e. The molecule has 4 rings (SSSR count). The molecule has 0 unspecified atom stereocenters. The van der Waals surface area contributed by atoms with Crippen LogP contribution in [0.1, 0.15) is 67.5 Å². The molecule has 1 aliphatic rings. The highest BCUT2D eigenvalue weighted by atomic mass is 79.9. The van der Waals surface area contributed by atoms with Gasteiger partial charge >= 0.3 is 0 Å². The van der Waals surface area contributed by atoms with E-state index >= 15 is 0 Å². The second kappa shape index (κ2) is 10.1. The van der Waals surface area contributed by atoms with Crippen molar-refractivity contribution in [2.45, 2.75) is 65.3 Å². The average molecular weight is 557 g/mol. The van der Waals surface area contributed by atoms with Crippen molar-refractivity contribution >= 4 is 15.9 Å². The van der Waals surface area contributed by atoms with Crippen LogP contribution in [-0.4, -0.2) is 19.6 Å². The lowest BCUT2D eigenvalue weighted by Crippen LogP contribution is -2.35. The van der Waals surface area contributed by atoms with E-state index in [0.29, 0.717) is 23.4 Å². The van der Waals surface area contributed by atoms with Gasteiger partial charge in [0.2, 0.25) is 0 Å². The van der Waals surface area contributed by atoms with Crippen LogP contribution < -0.4 is 15.6 Å². The van der Waals surface area contributed by atoms with Gasteiger partial charge in [0.25, 0.3) is 5.56 Å². The Bertz CT molecular complexity index is 1380. The monoisotopic (exact) mass is 556 g/mol. The summed E-state index contributed by atoms with van der Waals surface area (Å²) in [5.74, 6) is -0.0650. The molecule has 190 valence electrons. The van der Waals surface area contributed by atoms with Gasteiger partial charge in [0.05, 0.1) is 23.5 Å². The van der Waals surface area contributed by atoms with Gasteiger partial charge in [-0.3, -0.25) is 14.8 Å². The number of rotatable bonds is 6. The van der Waals surface area contributed by atoms with Gasteiger partial charge in [0.1, 0.15) is 28.2 Å². The number of aryl methyl sites for hydroxylation is 2. The predicted octanol–water partition coefficient (Wildman–Crippen LogP) is 5.14. The van der Waals surface area contributed by atoms with Crippen molar-refractivity contribution in [3.05, 3.63) is 97.3 Å². The number of halogens is 2. The Morgan fingerprint density at radius 2 is 2.03 bits per heavy atom. The predicted molar refractivity (Wildman–Crippen MR) is 139 cm³/mol. The van der Waals surface area contributed by atoms with E-state index < -0.39 is 11.4 Å². The summed E-state index contributed by atoms with van der Waals surface area (Å²) in [4.78, 5) is 22.2. The normalized spacial score (nSPS) is 17.9. The van der Waals surface area contributed by atoms with E-state index in [0.717, 1.165) is 22.5 Å². The van der Waals surface area contributed by atoms with Gasteiger partial charge in [0.15, 0.2) is 0 Å². The van der Waals surface area contributed by atoms with Crippen LogP contribution in [0.5, 0.6) is 5.75 Å². The first-order valence-corrected chi connectivity index (χ1v) is 12.5. The number of hydrogen-bond acceptors (Lipinski definition) is 6. The maximum atomic E-state index is 14.0. The number of nitrogens with zero attached hydrogens (tertiary/aromatic N) is 3. The van der Waals surface area contributed by atoms with Crippen LogP contribution in [0.2, 0.25) is 0 Å². The Hall–Kier alpha value is -3.04. The first-order valence-electron chi connectivity index (χ1n) is 11.7. The van der Waals surface area contributed by atoms with Crippen LogP contribution in [0.3, 0.4) is 0 Å². The molecule has 0 saturated heterocycles. The molecule has 2 N–H and O–H groups in total. The summed E-state index contributed by atoms with van der Waals surface area (Å²) in [6.45, 7) is 9.21. The lowest BCUT2D eigenvalue weighted by molar-refractivity contribution is 0.0734. The van der Waals surface area contributed by atoms with Gasteiger partial charge in [-0.25, -0.2) is 4.39 Å². The highest BCUT2D eigenvalue weighted by Gasteiger charge is 2.30. The van der Waals surface area contributed by atoms with Gasteiger partial charge in [-0.05, 0) is 86.4 Å². The summed E-state index contributed by atoms with van der Waals surface area (Å²) < 4.78 is 21.8. The molecule has 0 saturated carbocycles. The number of pyridine rings is 3. The molecule has 3 aromatic heterocycles. The molecule has 0 amide bonds. The summed E-state index contributed by atoms with van der Waals surface area (Å²) in [5.41, 5.74) is 3.18. The van der Waals surface area contributed by atoms with E-state index in [2.05, 4.69) is 26.2 Å². The minimum Gasteiger partial charge on any atom is -0.487 e. The first-order chi connectivity index (χ1) is 17.0. The van der Waals surface area contributed by atoms with E-state index in [4.69, 9.17) is 9.72 Å². The summed E-state index contributed by atoms with van der Waals surface area (Å²) in [6.07, 6.45) is 5.30. The third kappa shape index (κ3) is 5.22. The minimum absolute atomic E-state index is 0.0436. The first kappa shape index (κ1) is 26.0. The Labute approximate surface area is 218 Å². The van der Waals surface area contributed by atoms with Crippen molar-refractivity contribution in [2.24, 2.45) is 0 Å². The van der Waals surface area contributed by atoms with E-state index in [1.54, 1.807) is 24.5 Å². The van der Waals surface area contributed by atoms with E-state index in [1.807, 2.05) is 39.1 Å². The molecule has 0 fully saturated rings. The quantitative estimate of drug-likeness (QED) is 0.436. The number of ether oxygens (including phenoxy) is 1. The number of aromatic nitrogens is 3. The van der Waals surface area contributed by atoms with Crippen molar-refractivity contribution in [2.75, 3.05) is 0 Å². The number of nitrogens with one attached hydrogen (secondary N) is 1. The van der Waals surface area contributed by atoms with Crippen molar-refractivity contribution in [3.8, 4) is 5.75 Å². The molecule has 4 heterocycles. The van der Waals surface area contributed by atoms with Crippen LogP contribution in [0, 0.1) is 19.7 Å². The van der Waals surface area contributed by atoms with Crippen LogP contribution in [-0.2, 0) is 12.2 Å². The number of aliphatic hydroxyl groups is 1. The maximum Gasteiger partial charge on any atom is 0.269 e. The van der Waals surface area contributed by atoms with Gasteiger partial charge in [0, 0.05) is 29.7 Å². The second-order valence-corrected chi connectivity index (χ2v) is 10.5. The summed E-state index contributed by atoms with van der Waals surface area (Å²) >= 11 is 3.40. The van der Waals surface area contributed by atoms with Crippen LogP contribution >= 0.6 is 15.9 Å². The lowest BCUT2D eigenvalue weighted by atomic mass is 9.92. The fraction of sp³-hybridized carbons (Fsp3) is 0.370. The van der Waals surface area contributed by atoms with Gasteiger partial charge in [-0.15, -0.1) is 0 Å². The molecule has 9 heteroatoms. The lowest BCUT2D eigenvalue weighted by Gasteiger charge is -2.33. The second-order valence-electron chi connectivity index (χ2n) is 9.71. The Balaban J connectivity index is 1.65. The molecule has 7 nitrogen and oxygen atoms in total. The zero-order valence-electron chi connectivity index (χ0n) is 21.0. The molecule has 0 aliphatic carbocycles. The molecule has 0 spiro atoms. The molecule has 0 aromatic carbocycles. The van der Waals surface area contributed by atoms with Crippen molar-refractivity contribution in [1.82, 2.24) is 19.9 Å². The Morgan fingerprint density at radius 1 is 1.28 bits per heavy atom. The molecule has 0 radical (unpaired) electrons. The standard InChI is InChI=1S/C27H30BrFN4O3/c1-15-6-7-23(27(4,5)35)32-25(15)20-11-21(16(2)12-31-20)33-17(3)10-22(24(28)26(33)34)36-14-18-13-30-9-8-19(18)29/h6-10,12-13,20-21,31,35H,11,14H2,1-5H3/t20-,21-/m1/s1. The largest absolute Gasteiger partial charge is 0.487 e. The molecule has 36 heavy (non-hydrogen) atoms. The molecule has 1 aliphatic heterocycles. The Kier molecular flexibility index (Phi) is 7.33. The maximum absolute atomic E-state index is 14.0. The molecule has 3 aromatic rings. The van der Waals surface area contributed by atoms with Crippen molar-refractivity contribution in [1.29, 1.82) is 0 Å². The van der Waals surface area contributed by atoms with Crippen LogP contribution in [0.4, 0.5) is 4.39 Å².